The summed E-state index contributed by atoms with van der Waals surface area (Å²) in [7, 11) is 3.27. The van der Waals surface area contributed by atoms with Crippen molar-refractivity contribution in [3.63, 3.8) is 0 Å². The highest BCUT2D eigenvalue weighted by Gasteiger charge is 2.32. The van der Waals surface area contributed by atoms with Gasteiger partial charge in [-0.05, 0) is 88.3 Å². The van der Waals surface area contributed by atoms with E-state index in [4.69, 9.17) is 19.2 Å². The van der Waals surface area contributed by atoms with Gasteiger partial charge in [0.15, 0.2) is 16.3 Å². The molecule has 2 aliphatic rings. The van der Waals surface area contributed by atoms with Crippen LogP contribution in [0.1, 0.15) is 41.6 Å². The van der Waals surface area contributed by atoms with Gasteiger partial charge in [-0.1, -0.05) is 47.7 Å². The van der Waals surface area contributed by atoms with Crippen LogP contribution in [0, 0.1) is 0 Å². The first-order chi connectivity index (χ1) is 19.0. The summed E-state index contributed by atoms with van der Waals surface area (Å²) in [6, 6.07) is 20.0. The van der Waals surface area contributed by atoms with Gasteiger partial charge in [0.1, 0.15) is 5.75 Å². The lowest BCUT2D eigenvalue weighted by Gasteiger charge is -2.30. The van der Waals surface area contributed by atoms with Gasteiger partial charge in [0.05, 0.1) is 41.6 Å². The lowest BCUT2D eigenvalue weighted by molar-refractivity contribution is 0.309. The number of hydrogen-bond donors (Lipinski definition) is 0. The van der Waals surface area contributed by atoms with Crippen molar-refractivity contribution in [2.75, 3.05) is 20.8 Å². The van der Waals surface area contributed by atoms with E-state index < -0.39 is 0 Å². The van der Waals surface area contributed by atoms with Gasteiger partial charge in [-0.3, -0.25) is 9.36 Å². The number of hydrogen-bond acceptors (Lipinski definition) is 6. The van der Waals surface area contributed by atoms with Gasteiger partial charge in [0, 0.05) is 5.56 Å². The molecule has 198 valence electrons. The van der Waals surface area contributed by atoms with Gasteiger partial charge in [-0.15, -0.1) is 0 Å². The fourth-order valence-corrected chi connectivity index (χ4v) is 6.94. The largest absolute Gasteiger partial charge is 0.497 e. The Kier molecular flexibility index (Phi) is 6.91. The third-order valence-corrected chi connectivity index (χ3v) is 8.71. The number of aryl methyl sites for hydroxylation is 1. The van der Waals surface area contributed by atoms with Crippen molar-refractivity contribution in [2.45, 2.75) is 25.8 Å². The fourth-order valence-electron chi connectivity index (χ4n) is 5.37. The van der Waals surface area contributed by atoms with E-state index >= 15 is 0 Å². The zero-order chi connectivity index (χ0) is 27.1. The average Bonchev–Trinajstić information content (AvgIpc) is 3.27. The number of halogens is 1. The zero-order valence-electron chi connectivity index (χ0n) is 21.9. The lowest BCUT2D eigenvalue weighted by Crippen LogP contribution is -2.38. The minimum absolute atomic E-state index is 0.0612. The van der Waals surface area contributed by atoms with E-state index in [0.29, 0.717) is 27.4 Å². The van der Waals surface area contributed by atoms with E-state index in [-0.39, 0.29) is 11.6 Å². The molecule has 0 N–H and O–H groups in total. The molecule has 1 aromatic heterocycles. The predicted molar refractivity (Wildman–Crippen MR) is 158 cm³/mol. The topological polar surface area (TPSA) is 62.0 Å². The number of aromatic nitrogens is 1. The quantitative estimate of drug-likeness (QED) is 0.292. The Balaban J connectivity index is 1.56. The zero-order valence-corrected chi connectivity index (χ0v) is 24.3. The van der Waals surface area contributed by atoms with Gasteiger partial charge in [-0.2, -0.15) is 0 Å². The van der Waals surface area contributed by atoms with Crippen LogP contribution in [0.2, 0.25) is 0 Å². The van der Waals surface area contributed by atoms with Crippen LogP contribution < -0.4 is 29.1 Å². The molecule has 1 aliphatic carbocycles. The van der Waals surface area contributed by atoms with Gasteiger partial charge < -0.3 is 14.2 Å². The molecule has 1 atom stereocenters. The number of fused-ring (bicyclic) bond motifs is 3. The van der Waals surface area contributed by atoms with Crippen LogP contribution in [0.3, 0.4) is 0 Å². The first-order valence-corrected chi connectivity index (χ1v) is 14.4. The summed E-state index contributed by atoms with van der Waals surface area (Å²) in [5.41, 5.74) is 6.40. The van der Waals surface area contributed by atoms with Crippen molar-refractivity contribution in [1.82, 2.24) is 4.57 Å². The molecule has 0 unspecified atom stereocenters. The molecule has 39 heavy (non-hydrogen) atoms. The highest BCUT2D eigenvalue weighted by atomic mass is 79.9. The Hall–Kier alpha value is -3.62. The molecule has 1 aliphatic heterocycles. The molecule has 4 aromatic rings. The Morgan fingerprint density at radius 2 is 1.87 bits per heavy atom. The maximum atomic E-state index is 14.0. The molecule has 0 spiro atoms. The predicted octanol–water partition coefficient (Wildman–Crippen LogP) is 5.50. The number of allylic oxidation sites excluding steroid dienone is 1. The molecule has 6 rings (SSSR count). The lowest BCUT2D eigenvalue weighted by atomic mass is 9.83. The smallest absolute Gasteiger partial charge is 0.271 e. The average molecular weight is 604 g/mol. The van der Waals surface area contributed by atoms with E-state index in [1.165, 1.54) is 22.5 Å². The third-order valence-electron chi connectivity index (χ3n) is 7.14. The molecule has 0 saturated carbocycles. The van der Waals surface area contributed by atoms with Crippen molar-refractivity contribution in [2.24, 2.45) is 4.99 Å². The van der Waals surface area contributed by atoms with Gasteiger partial charge in [-0.25, -0.2) is 4.99 Å². The van der Waals surface area contributed by atoms with E-state index in [0.717, 1.165) is 45.5 Å². The second kappa shape index (κ2) is 10.5. The van der Waals surface area contributed by atoms with Gasteiger partial charge in [0.2, 0.25) is 0 Å². The SMILES string of the molecule is CCOc1c(Br)cc(/C=c2\sc3n(c2=O)[C@H](c2ccc(OC)cc2)C2=C(N=3)c3ccccc3CC2)cc1OC. The van der Waals surface area contributed by atoms with Crippen LogP contribution in [0.4, 0.5) is 0 Å². The fraction of sp³-hybridized carbons (Fsp3) is 0.226. The Labute approximate surface area is 238 Å². The second-order valence-corrected chi connectivity index (χ2v) is 11.2. The molecule has 0 radical (unpaired) electrons. The van der Waals surface area contributed by atoms with Gasteiger partial charge in [0.25, 0.3) is 5.56 Å². The van der Waals surface area contributed by atoms with E-state index in [1.54, 1.807) is 14.2 Å². The second-order valence-electron chi connectivity index (χ2n) is 9.35. The van der Waals surface area contributed by atoms with Crippen LogP contribution in [-0.4, -0.2) is 25.4 Å². The number of benzene rings is 3. The number of nitrogens with zero attached hydrogens (tertiary/aromatic N) is 2. The number of ether oxygens (including phenoxy) is 3. The van der Waals surface area contributed by atoms with Crippen molar-refractivity contribution >= 4 is 39.0 Å². The molecule has 0 saturated heterocycles. The first kappa shape index (κ1) is 25.6. The van der Waals surface area contributed by atoms with E-state index in [1.807, 2.05) is 54.0 Å². The Bertz CT molecular complexity index is 1790. The van der Waals surface area contributed by atoms with E-state index in [9.17, 15) is 4.79 Å². The number of methoxy groups -OCH3 is 2. The summed E-state index contributed by atoms with van der Waals surface area (Å²) in [5, 5.41) is 0. The maximum absolute atomic E-state index is 14.0. The Morgan fingerprint density at radius 3 is 2.62 bits per heavy atom. The summed E-state index contributed by atoms with van der Waals surface area (Å²) in [5.74, 6) is 2.03. The first-order valence-electron chi connectivity index (χ1n) is 12.8. The van der Waals surface area contributed by atoms with E-state index in [2.05, 4.69) is 40.2 Å². The molecule has 0 bridgehead atoms. The normalized spacial score (nSPS) is 16.2. The molecule has 0 amide bonds. The van der Waals surface area contributed by atoms with Crippen molar-refractivity contribution in [3.8, 4) is 17.2 Å². The Morgan fingerprint density at radius 1 is 1.08 bits per heavy atom. The van der Waals surface area contributed by atoms with Crippen molar-refractivity contribution < 1.29 is 14.2 Å². The summed E-state index contributed by atoms with van der Waals surface area (Å²) in [6.45, 7) is 2.45. The summed E-state index contributed by atoms with van der Waals surface area (Å²) in [6.07, 6.45) is 3.66. The van der Waals surface area contributed by atoms with Crippen LogP contribution in [0.15, 0.2) is 80.5 Å². The van der Waals surface area contributed by atoms with Crippen LogP contribution in [0.25, 0.3) is 11.8 Å². The molecule has 0 fully saturated rings. The summed E-state index contributed by atoms with van der Waals surface area (Å²) in [4.78, 5) is 19.8. The number of thiazole rings is 1. The summed E-state index contributed by atoms with van der Waals surface area (Å²) >= 11 is 5.01. The van der Waals surface area contributed by atoms with Crippen molar-refractivity contribution in [1.29, 1.82) is 0 Å². The maximum Gasteiger partial charge on any atom is 0.271 e. The molecular weight excluding hydrogens is 576 g/mol. The molecule has 8 heteroatoms. The molecule has 2 heterocycles. The van der Waals surface area contributed by atoms with Crippen LogP contribution in [-0.2, 0) is 6.42 Å². The number of rotatable bonds is 6. The highest BCUT2D eigenvalue weighted by Crippen LogP contribution is 2.41. The van der Waals surface area contributed by atoms with Gasteiger partial charge >= 0.3 is 0 Å². The monoisotopic (exact) mass is 602 g/mol. The van der Waals surface area contributed by atoms with Crippen LogP contribution in [0.5, 0.6) is 17.2 Å². The molecule has 6 nitrogen and oxygen atoms in total. The minimum atomic E-state index is -0.237. The minimum Gasteiger partial charge on any atom is -0.497 e. The standard InChI is InChI=1S/C31H27BrN2O4S/c1-4-38-29-24(32)15-18(16-25(29)37-3)17-26-30(35)34-28(20-9-12-21(36-2)13-10-20)23-14-11-19-7-5-6-8-22(19)27(23)33-31(34)39-26/h5-10,12-13,15-17,28H,4,11,14H2,1-3H3/b26-17-/t28-/m1/s1. The highest BCUT2D eigenvalue weighted by molar-refractivity contribution is 9.10. The van der Waals surface area contributed by atoms with Crippen LogP contribution >= 0.6 is 27.3 Å². The molecule has 3 aromatic carbocycles. The third kappa shape index (κ3) is 4.51. The summed E-state index contributed by atoms with van der Waals surface area (Å²) < 4.78 is 19.9. The van der Waals surface area contributed by atoms with Crippen molar-refractivity contribution in [3.05, 3.63) is 113 Å². The molecular formula is C31H27BrN2O4S.